The highest BCUT2D eigenvalue weighted by Crippen LogP contribution is 2.53. The maximum absolute atomic E-state index is 10.1. The molecule has 98 valence electrons. The Kier molecular flexibility index (Phi) is 3.25. The minimum atomic E-state index is -0.179. The van der Waals surface area contributed by atoms with Crippen LogP contribution in [0.2, 0.25) is 5.02 Å². The van der Waals surface area contributed by atoms with Crippen LogP contribution in [0.15, 0.2) is 24.3 Å². The first-order valence-electron chi connectivity index (χ1n) is 6.81. The van der Waals surface area contributed by atoms with Gasteiger partial charge in [-0.25, -0.2) is 0 Å². The predicted molar refractivity (Wildman–Crippen MR) is 72.0 cm³/mol. The number of aliphatic hydroxyl groups excluding tert-OH is 1. The second kappa shape index (κ2) is 4.75. The Hall–Kier alpha value is -0.730. The molecule has 0 radical (unpaired) electrons. The van der Waals surface area contributed by atoms with Crippen LogP contribution in [0, 0.1) is 5.41 Å². The molecule has 1 N–H and O–H groups in total. The molecule has 2 unspecified atom stereocenters. The van der Waals surface area contributed by atoms with Gasteiger partial charge in [0.2, 0.25) is 0 Å². The third kappa shape index (κ3) is 2.02. The molecule has 0 heterocycles. The minimum Gasteiger partial charge on any atom is -0.490 e. The molecule has 1 spiro atoms. The summed E-state index contributed by atoms with van der Waals surface area (Å²) >= 11 is 5.97. The fourth-order valence-corrected chi connectivity index (χ4v) is 3.64. The smallest absolute Gasteiger partial charge is 0.121 e. The summed E-state index contributed by atoms with van der Waals surface area (Å²) in [5.74, 6) is 0.823. The largest absolute Gasteiger partial charge is 0.490 e. The fourth-order valence-electron chi connectivity index (χ4n) is 3.46. The molecule has 3 heteroatoms. The van der Waals surface area contributed by atoms with Crippen molar-refractivity contribution >= 4 is 11.6 Å². The molecule has 2 nitrogen and oxygen atoms in total. The van der Waals surface area contributed by atoms with E-state index in [0.717, 1.165) is 25.0 Å². The number of aliphatic hydroxyl groups is 1. The van der Waals surface area contributed by atoms with Gasteiger partial charge in [0.05, 0.1) is 6.10 Å². The standard InChI is InChI=1S/C15H19ClO2/c16-11-5-4-6-12(9-11)18-14-10-13(17)15(14)7-2-1-3-8-15/h4-6,9,13-14,17H,1-3,7-8,10H2. The highest BCUT2D eigenvalue weighted by Gasteiger charge is 2.56. The van der Waals surface area contributed by atoms with Crippen molar-refractivity contribution in [2.45, 2.75) is 50.7 Å². The second-order valence-corrected chi connectivity index (χ2v) is 6.05. The molecule has 2 atom stereocenters. The Balaban J connectivity index is 1.73. The van der Waals surface area contributed by atoms with E-state index in [4.69, 9.17) is 16.3 Å². The summed E-state index contributed by atoms with van der Waals surface area (Å²) in [7, 11) is 0. The van der Waals surface area contributed by atoms with E-state index in [1.165, 1.54) is 19.3 Å². The zero-order valence-corrected chi connectivity index (χ0v) is 11.2. The van der Waals surface area contributed by atoms with Crippen LogP contribution in [0.25, 0.3) is 0 Å². The van der Waals surface area contributed by atoms with Crippen molar-refractivity contribution in [3.05, 3.63) is 29.3 Å². The number of ether oxygens (including phenoxy) is 1. The Morgan fingerprint density at radius 3 is 2.67 bits per heavy atom. The predicted octanol–water partition coefficient (Wildman–Crippen LogP) is 3.80. The molecule has 3 rings (SSSR count). The molecule has 2 aliphatic rings. The number of rotatable bonds is 2. The molecule has 1 aromatic rings. The van der Waals surface area contributed by atoms with Crippen molar-refractivity contribution in [2.75, 3.05) is 0 Å². The zero-order valence-electron chi connectivity index (χ0n) is 10.4. The van der Waals surface area contributed by atoms with Crippen molar-refractivity contribution in [3.8, 4) is 5.75 Å². The molecule has 0 aliphatic heterocycles. The first-order chi connectivity index (χ1) is 8.71. The van der Waals surface area contributed by atoms with Crippen LogP contribution in [0.4, 0.5) is 0 Å². The van der Waals surface area contributed by atoms with Gasteiger partial charge in [-0.3, -0.25) is 0 Å². The topological polar surface area (TPSA) is 29.5 Å². The van der Waals surface area contributed by atoms with Crippen molar-refractivity contribution in [1.82, 2.24) is 0 Å². The van der Waals surface area contributed by atoms with Gasteiger partial charge in [0, 0.05) is 16.9 Å². The molecular formula is C15H19ClO2. The average Bonchev–Trinajstić information content (AvgIpc) is 2.39. The lowest BCUT2D eigenvalue weighted by molar-refractivity contribution is -0.172. The van der Waals surface area contributed by atoms with Crippen LogP contribution in [0.5, 0.6) is 5.75 Å². The van der Waals surface area contributed by atoms with Crippen LogP contribution in [-0.4, -0.2) is 17.3 Å². The van der Waals surface area contributed by atoms with E-state index in [-0.39, 0.29) is 17.6 Å². The Labute approximate surface area is 113 Å². The van der Waals surface area contributed by atoms with Gasteiger partial charge in [-0.05, 0) is 31.0 Å². The maximum Gasteiger partial charge on any atom is 0.121 e. The minimum absolute atomic E-state index is 0.0145. The van der Waals surface area contributed by atoms with E-state index >= 15 is 0 Å². The van der Waals surface area contributed by atoms with Gasteiger partial charge in [-0.1, -0.05) is 36.9 Å². The van der Waals surface area contributed by atoms with E-state index in [1.54, 1.807) is 0 Å². The van der Waals surface area contributed by atoms with Crippen molar-refractivity contribution in [1.29, 1.82) is 0 Å². The molecular weight excluding hydrogens is 248 g/mol. The normalized spacial score (nSPS) is 29.9. The van der Waals surface area contributed by atoms with Crippen molar-refractivity contribution in [3.63, 3.8) is 0 Å². The van der Waals surface area contributed by atoms with Gasteiger partial charge in [0.15, 0.2) is 0 Å². The van der Waals surface area contributed by atoms with E-state index < -0.39 is 0 Å². The molecule has 0 bridgehead atoms. The van der Waals surface area contributed by atoms with Gasteiger partial charge < -0.3 is 9.84 Å². The third-order valence-corrected chi connectivity index (χ3v) is 4.84. The van der Waals surface area contributed by atoms with Crippen LogP contribution in [0.3, 0.4) is 0 Å². The maximum atomic E-state index is 10.1. The zero-order chi connectivity index (χ0) is 12.6. The quantitative estimate of drug-likeness (QED) is 0.882. The number of benzene rings is 1. The Morgan fingerprint density at radius 1 is 1.22 bits per heavy atom. The fraction of sp³-hybridized carbons (Fsp3) is 0.600. The molecule has 0 amide bonds. The molecule has 2 saturated carbocycles. The summed E-state index contributed by atoms with van der Waals surface area (Å²) in [6, 6.07) is 7.54. The molecule has 2 aliphatic carbocycles. The number of halogens is 1. The first kappa shape index (κ1) is 12.3. The summed E-state index contributed by atoms with van der Waals surface area (Å²) in [6.07, 6.45) is 6.65. The van der Waals surface area contributed by atoms with Crippen molar-refractivity contribution < 1.29 is 9.84 Å². The average molecular weight is 267 g/mol. The summed E-state index contributed by atoms with van der Waals surface area (Å²) < 4.78 is 6.05. The lowest BCUT2D eigenvalue weighted by Crippen LogP contribution is -2.60. The van der Waals surface area contributed by atoms with Crippen LogP contribution >= 0.6 is 11.6 Å². The van der Waals surface area contributed by atoms with Gasteiger partial charge in [-0.15, -0.1) is 0 Å². The summed E-state index contributed by atoms with van der Waals surface area (Å²) in [6.45, 7) is 0. The van der Waals surface area contributed by atoms with Crippen LogP contribution in [0.1, 0.15) is 38.5 Å². The molecule has 18 heavy (non-hydrogen) atoms. The number of hydrogen-bond acceptors (Lipinski definition) is 2. The van der Waals surface area contributed by atoms with Crippen molar-refractivity contribution in [2.24, 2.45) is 5.41 Å². The van der Waals surface area contributed by atoms with E-state index in [1.807, 2.05) is 24.3 Å². The second-order valence-electron chi connectivity index (χ2n) is 5.61. The summed E-state index contributed by atoms with van der Waals surface area (Å²) in [5, 5.41) is 10.8. The Bertz CT molecular complexity index is 426. The van der Waals surface area contributed by atoms with E-state index in [9.17, 15) is 5.11 Å². The summed E-state index contributed by atoms with van der Waals surface area (Å²) in [4.78, 5) is 0. The van der Waals surface area contributed by atoms with Gasteiger partial charge >= 0.3 is 0 Å². The lowest BCUT2D eigenvalue weighted by Gasteiger charge is -2.55. The highest BCUT2D eigenvalue weighted by atomic mass is 35.5. The Morgan fingerprint density at radius 2 is 2.00 bits per heavy atom. The molecule has 1 aromatic carbocycles. The van der Waals surface area contributed by atoms with E-state index in [2.05, 4.69) is 0 Å². The SMILES string of the molecule is OC1CC(Oc2cccc(Cl)c2)C12CCCCC2. The summed E-state index contributed by atoms with van der Waals surface area (Å²) in [5.41, 5.74) is 0.0145. The van der Waals surface area contributed by atoms with Gasteiger partial charge in [-0.2, -0.15) is 0 Å². The van der Waals surface area contributed by atoms with Crippen LogP contribution < -0.4 is 4.74 Å². The third-order valence-electron chi connectivity index (χ3n) is 4.60. The molecule has 0 saturated heterocycles. The first-order valence-corrected chi connectivity index (χ1v) is 7.19. The number of hydrogen-bond donors (Lipinski definition) is 1. The molecule has 0 aromatic heterocycles. The highest BCUT2D eigenvalue weighted by molar-refractivity contribution is 6.30. The monoisotopic (exact) mass is 266 g/mol. The molecule has 2 fully saturated rings. The van der Waals surface area contributed by atoms with Gasteiger partial charge in [0.1, 0.15) is 11.9 Å². The van der Waals surface area contributed by atoms with E-state index in [0.29, 0.717) is 5.02 Å². The lowest BCUT2D eigenvalue weighted by atomic mass is 9.56. The van der Waals surface area contributed by atoms with Crippen LogP contribution in [-0.2, 0) is 0 Å². The van der Waals surface area contributed by atoms with Gasteiger partial charge in [0.25, 0.3) is 0 Å².